The lowest BCUT2D eigenvalue weighted by Crippen LogP contribution is -1.94. The third-order valence-electron chi connectivity index (χ3n) is 3.40. The summed E-state index contributed by atoms with van der Waals surface area (Å²) in [7, 11) is 0. The summed E-state index contributed by atoms with van der Waals surface area (Å²) in [6.07, 6.45) is 2.19. The molecule has 0 aliphatic rings. The summed E-state index contributed by atoms with van der Waals surface area (Å²) >= 11 is 5.32. The molecule has 0 unspecified atom stereocenters. The van der Waals surface area contributed by atoms with Crippen molar-refractivity contribution in [3.05, 3.63) is 58.6 Å². The van der Waals surface area contributed by atoms with E-state index in [1.54, 1.807) is 6.07 Å². The summed E-state index contributed by atoms with van der Waals surface area (Å²) in [5.41, 5.74) is 3.47. The SMILES string of the molecule is CCCc1ccc(-n2c(=S)[nH]c3c(F)cccc32)cc1. The summed E-state index contributed by atoms with van der Waals surface area (Å²) in [5.74, 6) is -0.282. The van der Waals surface area contributed by atoms with E-state index in [9.17, 15) is 4.39 Å². The van der Waals surface area contributed by atoms with E-state index >= 15 is 0 Å². The number of H-pyrrole nitrogens is 1. The molecular formula is C16H15FN2S. The predicted octanol–water partition coefficient (Wildman–Crippen LogP) is 4.78. The second-order valence-corrected chi connectivity index (χ2v) is 5.20. The van der Waals surface area contributed by atoms with Gasteiger partial charge in [0.15, 0.2) is 4.77 Å². The number of hydrogen-bond donors (Lipinski definition) is 1. The monoisotopic (exact) mass is 286 g/mol. The highest BCUT2D eigenvalue weighted by Gasteiger charge is 2.09. The van der Waals surface area contributed by atoms with Crippen LogP contribution >= 0.6 is 12.2 Å². The Morgan fingerprint density at radius 3 is 2.60 bits per heavy atom. The Morgan fingerprint density at radius 2 is 1.90 bits per heavy atom. The molecule has 0 aliphatic carbocycles. The van der Waals surface area contributed by atoms with Gasteiger partial charge in [0.2, 0.25) is 0 Å². The van der Waals surface area contributed by atoms with Gasteiger partial charge in [0, 0.05) is 5.69 Å². The van der Waals surface area contributed by atoms with E-state index in [-0.39, 0.29) is 5.82 Å². The summed E-state index contributed by atoms with van der Waals surface area (Å²) in [5, 5.41) is 0. The summed E-state index contributed by atoms with van der Waals surface area (Å²) in [6.45, 7) is 2.16. The van der Waals surface area contributed by atoms with Crippen LogP contribution in [0.25, 0.3) is 16.7 Å². The van der Waals surface area contributed by atoms with Gasteiger partial charge in [-0.25, -0.2) is 4.39 Å². The number of aromatic amines is 1. The van der Waals surface area contributed by atoms with Crippen LogP contribution in [0.4, 0.5) is 4.39 Å². The number of nitrogens with zero attached hydrogens (tertiary/aromatic N) is 1. The lowest BCUT2D eigenvalue weighted by Gasteiger charge is -2.06. The number of fused-ring (bicyclic) bond motifs is 1. The number of imidazole rings is 1. The third kappa shape index (κ3) is 2.16. The van der Waals surface area contributed by atoms with Crippen molar-refractivity contribution in [1.82, 2.24) is 9.55 Å². The van der Waals surface area contributed by atoms with Gasteiger partial charge in [-0.1, -0.05) is 31.5 Å². The van der Waals surface area contributed by atoms with E-state index in [1.807, 2.05) is 22.8 Å². The lowest BCUT2D eigenvalue weighted by atomic mass is 10.1. The van der Waals surface area contributed by atoms with Crippen LogP contribution in [-0.4, -0.2) is 9.55 Å². The normalized spacial score (nSPS) is 11.1. The molecule has 3 rings (SSSR count). The molecule has 0 spiro atoms. The zero-order chi connectivity index (χ0) is 14.1. The largest absolute Gasteiger partial charge is 0.328 e. The lowest BCUT2D eigenvalue weighted by molar-refractivity contribution is 0.637. The van der Waals surface area contributed by atoms with Crippen LogP contribution in [0, 0.1) is 10.6 Å². The molecule has 2 nitrogen and oxygen atoms in total. The molecule has 0 atom stereocenters. The highest BCUT2D eigenvalue weighted by Crippen LogP contribution is 2.22. The molecule has 0 fully saturated rings. The Labute approximate surface area is 121 Å². The van der Waals surface area contributed by atoms with Gasteiger partial charge < -0.3 is 4.98 Å². The van der Waals surface area contributed by atoms with Crippen molar-refractivity contribution in [2.75, 3.05) is 0 Å². The number of benzene rings is 2. The maximum atomic E-state index is 13.8. The molecule has 102 valence electrons. The molecule has 0 saturated carbocycles. The fraction of sp³-hybridized carbons (Fsp3) is 0.188. The quantitative estimate of drug-likeness (QED) is 0.687. The van der Waals surface area contributed by atoms with Gasteiger partial charge in [-0.05, 0) is 48.5 Å². The Kier molecular flexibility index (Phi) is 3.40. The first-order valence-corrected chi connectivity index (χ1v) is 7.10. The second kappa shape index (κ2) is 5.21. The van der Waals surface area contributed by atoms with Crippen molar-refractivity contribution >= 4 is 23.3 Å². The summed E-state index contributed by atoms with van der Waals surface area (Å²) in [4.78, 5) is 2.94. The molecule has 0 radical (unpaired) electrons. The van der Waals surface area contributed by atoms with Gasteiger partial charge >= 0.3 is 0 Å². The number of halogens is 1. The fourth-order valence-corrected chi connectivity index (χ4v) is 2.76. The van der Waals surface area contributed by atoms with Crippen LogP contribution in [0.15, 0.2) is 42.5 Å². The maximum absolute atomic E-state index is 13.8. The molecule has 1 N–H and O–H groups in total. The van der Waals surface area contributed by atoms with E-state index < -0.39 is 0 Å². The van der Waals surface area contributed by atoms with Crippen molar-refractivity contribution in [3.63, 3.8) is 0 Å². The van der Waals surface area contributed by atoms with E-state index in [2.05, 4.69) is 24.0 Å². The van der Waals surface area contributed by atoms with E-state index in [1.165, 1.54) is 11.6 Å². The summed E-state index contributed by atoms with van der Waals surface area (Å²) in [6, 6.07) is 13.2. The van der Waals surface area contributed by atoms with Crippen molar-refractivity contribution in [1.29, 1.82) is 0 Å². The molecule has 0 amide bonds. The topological polar surface area (TPSA) is 20.7 Å². The molecule has 0 aliphatic heterocycles. The van der Waals surface area contributed by atoms with Gasteiger partial charge in [-0.3, -0.25) is 4.57 Å². The van der Waals surface area contributed by atoms with Crippen LogP contribution in [-0.2, 0) is 6.42 Å². The second-order valence-electron chi connectivity index (χ2n) is 4.82. The molecule has 0 bridgehead atoms. The molecular weight excluding hydrogens is 271 g/mol. The number of nitrogens with one attached hydrogen (secondary N) is 1. The Morgan fingerprint density at radius 1 is 1.15 bits per heavy atom. The van der Waals surface area contributed by atoms with Crippen LogP contribution < -0.4 is 0 Å². The van der Waals surface area contributed by atoms with Crippen LogP contribution in [0.2, 0.25) is 0 Å². The molecule has 1 aromatic heterocycles. The van der Waals surface area contributed by atoms with Gasteiger partial charge in [-0.15, -0.1) is 0 Å². The Balaban J connectivity index is 2.16. The van der Waals surface area contributed by atoms with E-state index in [0.29, 0.717) is 10.3 Å². The van der Waals surface area contributed by atoms with Gasteiger partial charge in [-0.2, -0.15) is 0 Å². The third-order valence-corrected chi connectivity index (χ3v) is 3.69. The van der Waals surface area contributed by atoms with Gasteiger partial charge in [0.1, 0.15) is 11.3 Å². The van der Waals surface area contributed by atoms with Crippen molar-refractivity contribution in [3.8, 4) is 5.69 Å². The van der Waals surface area contributed by atoms with E-state index in [0.717, 1.165) is 24.0 Å². The molecule has 20 heavy (non-hydrogen) atoms. The standard InChI is InChI=1S/C16H15FN2S/c1-2-4-11-7-9-12(10-8-11)19-14-6-3-5-13(17)15(14)18-16(19)20/h3,5-10H,2,4H2,1H3,(H,18,20). The zero-order valence-electron chi connectivity index (χ0n) is 11.2. The first kappa shape index (κ1) is 13.1. The molecule has 2 aromatic carbocycles. The minimum Gasteiger partial charge on any atom is -0.328 e. The Hall–Kier alpha value is -1.94. The average Bonchev–Trinajstić information content (AvgIpc) is 2.78. The van der Waals surface area contributed by atoms with Crippen LogP contribution in [0.3, 0.4) is 0 Å². The zero-order valence-corrected chi connectivity index (χ0v) is 12.0. The predicted molar refractivity (Wildman–Crippen MR) is 82.4 cm³/mol. The van der Waals surface area contributed by atoms with Gasteiger partial charge in [0.05, 0.1) is 5.52 Å². The fourth-order valence-electron chi connectivity index (χ4n) is 2.45. The minimum atomic E-state index is -0.282. The Bertz CT molecular complexity index is 799. The van der Waals surface area contributed by atoms with E-state index in [4.69, 9.17) is 12.2 Å². The first-order chi connectivity index (χ1) is 9.70. The molecule has 4 heteroatoms. The first-order valence-electron chi connectivity index (χ1n) is 6.69. The number of aromatic nitrogens is 2. The maximum Gasteiger partial charge on any atom is 0.182 e. The van der Waals surface area contributed by atoms with Crippen molar-refractivity contribution in [2.45, 2.75) is 19.8 Å². The van der Waals surface area contributed by atoms with Gasteiger partial charge in [0.25, 0.3) is 0 Å². The minimum absolute atomic E-state index is 0.282. The van der Waals surface area contributed by atoms with Crippen molar-refractivity contribution in [2.24, 2.45) is 0 Å². The molecule has 3 aromatic rings. The highest BCUT2D eigenvalue weighted by atomic mass is 32.1. The van der Waals surface area contributed by atoms with Crippen LogP contribution in [0.5, 0.6) is 0 Å². The number of hydrogen-bond acceptors (Lipinski definition) is 1. The highest BCUT2D eigenvalue weighted by molar-refractivity contribution is 7.71. The average molecular weight is 286 g/mol. The number of aryl methyl sites for hydroxylation is 1. The van der Waals surface area contributed by atoms with Crippen LogP contribution in [0.1, 0.15) is 18.9 Å². The number of para-hydroxylation sites is 1. The van der Waals surface area contributed by atoms with Crippen molar-refractivity contribution < 1.29 is 4.39 Å². The number of rotatable bonds is 3. The molecule has 1 heterocycles. The summed E-state index contributed by atoms with van der Waals surface area (Å²) < 4.78 is 16.1. The smallest absolute Gasteiger partial charge is 0.182 e. The molecule has 0 saturated heterocycles.